The van der Waals surface area contributed by atoms with Crippen molar-refractivity contribution in [2.45, 2.75) is 37.8 Å². The molecule has 1 aliphatic heterocycles. The summed E-state index contributed by atoms with van der Waals surface area (Å²) in [4.78, 5) is 15.4. The van der Waals surface area contributed by atoms with Gasteiger partial charge in [-0.05, 0) is 51.3 Å². The zero-order chi connectivity index (χ0) is 14.4. The number of amides is 1. The summed E-state index contributed by atoms with van der Waals surface area (Å²) >= 11 is 1.74. The van der Waals surface area contributed by atoms with E-state index in [1.165, 1.54) is 17.7 Å². The molecular weight excluding hydrogens is 270 g/mol. The molecule has 0 saturated carbocycles. The zero-order valence-electron chi connectivity index (χ0n) is 12.4. The maximum absolute atomic E-state index is 11.9. The van der Waals surface area contributed by atoms with Crippen LogP contribution in [0.4, 0.5) is 0 Å². The Hall–Kier alpha value is -0.910. The first-order valence-corrected chi connectivity index (χ1v) is 8.24. The fourth-order valence-corrected chi connectivity index (χ4v) is 3.55. The highest BCUT2D eigenvalue weighted by molar-refractivity contribution is 7.10. The van der Waals surface area contributed by atoms with E-state index >= 15 is 0 Å². The van der Waals surface area contributed by atoms with Crippen LogP contribution in [0.1, 0.15) is 36.6 Å². The van der Waals surface area contributed by atoms with Crippen molar-refractivity contribution in [3.63, 3.8) is 0 Å². The van der Waals surface area contributed by atoms with Crippen molar-refractivity contribution in [1.29, 1.82) is 0 Å². The van der Waals surface area contributed by atoms with E-state index in [9.17, 15) is 4.79 Å². The molecule has 0 radical (unpaired) electrons. The third-order valence-corrected chi connectivity index (χ3v) is 4.84. The third kappa shape index (κ3) is 4.58. The van der Waals surface area contributed by atoms with E-state index in [4.69, 9.17) is 0 Å². The van der Waals surface area contributed by atoms with Gasteiger partial charge in [-0.1, -0.05) is 6.07 Å². The Bertz CT molecular complexity index is 399. The van der Waals surface area contributed by atoms with Crippen LogP contribution in [-0.2, 0) is 4.79 Å². The summed E-state index contributed by atoms with van der Waals surface area (Å²) in [5.74, 6) is 0.169. The van der Waals surface area contributed by atoms with Gasteiger partial charge in [-0.25, -0.2) is 0 Å². The Morgan fingerprint density at radius 3 is 3.05 bits per heavy atom. The first-order chi connectivity index (χ1) is 9.66. The van der Waals surface area contributed by atoms with Crippen LogP contribution in [0.2, 0.25) is 0 Å². The van der Waals surface area contributed by atoms with E-state index in [0.717, 1.165) is 13.0 Å². The predicted octanol–water partition coefficient (Wildman–Crippen LogP) is 2.00. The Morgan fingerprint density at radius 2 is 2.45 bits per heavy atom. The van der Waals surface area contributed by atoms with Gasteiger partial charge in [0.1, 0.15) is 0 Å². The van der Waals surface area contributed by atoms with Crippen LogP contribution in [0.15, 0.2) is 17.5 Å². The van der Waals surface area contributed by atoms with Gasteiger partial charge < -0.3 is 15.5 Å². The van der Waals surface area contributed by atoms with E-state index in [2.05, 4.69) is 47.1 Å². The Labute approximate surface area is 125 Å². The Kier molecular flexibility index (Phi) is 6.01. The molecule has 1 fully saturated rings. The minimum atomic E-state index is 0.169. The minimum absolute atomic E-state index is 0.169. The van der Waals surface area contributed by atoms with Gasteiger partial charge in [0, 0.05) is 23.9 Å². The van der Waals surface area contributed by atoms with Gasteiger partial charge in [-0.3, -0.25) is 4.79 Å². The van der Waals surface area contributed by atoms with E-state index in [0.29, 0.717) is 19.0 Å². The number of carbonyl (C=O) groups is 1. The lowest BCUT2D eigenvalue weighted by Crippen LogP contribution is -2.34. The molecule has 0 aromatic carbocycles. The summed E-state index contributed by atoms with van der Waals surface area (Å²) in [6, 6.07) is 5.00. The number of nitrogens with one attached hydrogen (secondary N) is 2. The summed E-state index contributed by atoms with van der Waals surface area (Å²) in [7, 11) is 4.11. The van der Waals surface area contributed by atoms with Crippen LogP contribution >= 0.6 is 11.3 Å². The fourth-order valence-electron chi connectivity index (χ4n) is 2.63. The number of thiophene rings is 1. The molecule has 0 bridgehead atoms. The maximum Gasteiger partial charge on any atom is 0.220 e. The van der Waals surface area contributed by atoms with Crippen molar-refractivity contribution in [3.8, 4) is 0 Å². The van der Waals surface area contributed by atoms with Gasteiger partial charge in [0.25, 0.3) is 0 Å². The molecule has 1 aromatic heterocycles. The molecule has 2 atom stereocenters. The summed E-state index contributed by atoms with van der Waals surface area (Å²) < 4.78 is 0. The zero-order valence-corrected chi connectivity index (χ0v) is 13.2. The second-order valence-electron chi connectivity index (χ2n) is 5.63. The van der Waals surface area contributed by atoms with Crippen molar-refractivity contribution in [2.75, 3.05) is 27.2 Å². The SMILES string of the molecule is CN(C)C(CNC(=O)CCC1CCCN1)c1cccs1. The van der Waals surface area contributed by atoms with Crippen molar-refractivity contribution < 1.29 is 4.79 Å². The average Bonchev–Trinajstić information content (AvgIpc) is 3.09. The van der Waals surface area contributed by atoms with Crippen molar-refractivity contribution in [1.82, 2.24) is 15.5 Å². The number of rotatable bonds is 7. The molecule has 1 aliphatic rings. The molecule has 4 nitrogen and oxygen atoms in total. The number of nitrogens with zero attached hydrogens (tertiary/aromatic N) is 1. The Balaban J connectivity index is 1.73. The van der Waals surface area contributed by atoms with Crippen molar-refractivity contribution >= 4 is 17.2 Å². The van der Waals surface area contributed by atoms with E-state index in [-0.39, 0.29) is 11.9 Å². The van der Waals surface area contributed by atoms with E-state index in [1.54, 1.807) is 11.3 Å². The molecule has 0 aliphatic carbocycles. The molecule has 0 spiro atoms. The summed E-state index contributed by atoms with van der Waals surface area (Å²) in [5.41, 5.74) is 0. The van der Waals surface area contributed by atoms with Crippen LogP contribution in [0, 0.1) is 0 Å². The smallest absolute Gasteiger partial charge is 0.220 e. The highest BCUT2D eigenvalue weighted by Crippen LogP contribution is 2.22. The van der Waals surface area contributed by atoms with Gasteiger partial charge in [-0.15, -0.1) is 11.3 Å². The van der Waals surface area contributed by atoms with E-state index < -0.39 is 0 Å². The number of likely N-dealkylation sites (N-methyl/N-ethyl adjacent to an activating group) is 1. The minimum Gasteiger partial charge on any atom is -0.354 e. The number of carbonyl (C=O) groups excluding carboxylic acids is 1. The molecule has 1 amide bonds. The maximum atomic E-state index is 11.9. The highest BCUT2D eigenvalue weighted by Gasteiger charge is 2.18. The van der Waals surface area contributed by atoms with Crippen LogP contribution in [0.3, 0.4) is 0 Å². The molecule has 112 valence electrons. The topological polar surface area (TPSA) is 44.4 Å². The lowest BCUT2D eigenvalue weighted by molar-refractivity contribution is -0.121. The molecule has 2 rings (SSSR count). The Morgan fingerprint density at radius 1 is 1.60 bits per heavy atom. The first kappa shape index (κ1) is 15.5. The van der Waals surface area contributed by atoms with Gasteiger partial charge in [-0.2, -0.15) is 0 Å². The number of hydrogen-bond donors (Lipinski definition) is 2. The third-order valence-electron chi connectivity index (χ3n) is 3.87. The first-order valence-electron chi connectivity index (χ1n) is 7.36. The van der Waals surface area contributed by atoms with E-state index in [1.807, 2.05) is 0 Å². The molecule has 20 heavy (non-hydrogen) atoms. The van der Waals surface area contributed by atoms with Crippen LogP contribution < -0.4 is 10.6 Å². The molecule has 1 saturated heterocycles. The quantitative estimate of drug-likeness (QED) is 0.809. The van der Waals surface area contributed by atoms with Crippen molar-refractivity contribution in [3.05, 3.63) is 22.4 Å². The lowest BCUT2D eigenvalue weighted by atomic mass is 10.1. The van der Waals surface area contributed by atoms with Crippen LogP contribution in [0.5, 0.6) is 0 Å². The number of hydrogen-bond acceptors (Lipinski definition) is 4. The largest absolute Gasteiger partial charge is 0.354 e. The second kappa shape index (κ2) is 7.76. The summed E-state index contributed by atoms with van der Waals surface area (Å²) in [6.45, 7) is 1.79. The second-order valence-corrected chi connectivity index (χ2v) is 6.61. The predicted molar refractivity (Wildman–Crippen MR) is 84.0 cm³/mol. The molecule has 2 N–H and O–H groups in total. The summed E-state index contributed by atoms with van der Waals surface area (Å²) in [6.07, 6.45) is 4.04. The molecule has 5 heteroatoms. The molecule has 1 aromatic rings. The van der Waals surface area contributed by atoms with Crippen LogP contribution in [-0.4, -0.2) is 44.0 Å². The van der Waals surface area contributed by atoms with Crippen LogP contribution in [0.25, 0.3) is 0 Å². The van der Waals surface area contributed by atoms with Gasteiger partial charge in [0.15, 0.2) is 0 Å². The molecular formula is C15H25N3OS. The van der Waals surface area contributed by atoms with Crippen molar-refractivity contribution in [2.24, 2.45) is 0 Å². The van der Waals surface area contributed by atoms with Gasteiger partial charge in [0.2, 0.25) is 5.91 Å². The van der Waals surface area contributed by atoms with Gasteiger partial charge in [0.05, 0.1) is 6.04 Å². The fraction of sp³-hybridized carbons (Fsp3) is 0.667. The molecule has 2 unspecified atom stereocenters. The molecule has 2 heterocycles. The monoisotopic (exact) mass is 295 g/mol. The average molecular weight is 295 g/mol. The highest BCUT2D eigenvalue weighted by atomic mass is 32.1. The van der Waals surface area contributed by atoms with Gasteiger partial charge >= 0.3 is 0 Å². The lowest BCUT2D eigenvalue weighted by Gasteiger charge is -2.23. The normalized spacial score (nSPS) is 20.2. The summed E-state index contributed by atoms with van der Waals surface area (Å²) in [5, 5.41) is 8.59. The standard InChI is InChI=1S/C15H25N3OS/c1-18(2)13(14-6-4-10-20-14)11-17-15(19)8-7-12-5-3-9-16-12/h4,6,10,12-13,16H,3,5,7-9,11H2,1-2H3,(H,17,19).